The molecule has 1 heterocycles. The van der Waals surface area contributed by atoms with Gasteiger partial charge in [0.1, 0.15) is 0 Å². The van der Waals surface area contributed by atoms with Crippen LogP contribution in [-0.4, -0.2) is 16.1 Å². The first-order valence-corrected chi connectivity index (χ1v) is 5.92. The molecule has 0 aliphatic heterocycles. The molecule has 1 unspecified atom stereocenters. The Morgan fingerprint density at radius 2 is 2.27 bits per heavy atom. The van der Waals surface area contributed by atoms with Crippen molar-refractivity contribution in [2.24, 2.45) is 17.6 Å². The minimum atomic E-state index is 0.450. The first kappa shape index (κ1) is 10.7. The van der Waals surface area contributed by atoms with E-state index in [1.165, 1.54) is 18.5 Å². The van der Waals surface area contributed by atoms with Gasteiger partial charge in [0.25, 0.3) is 0 Å². The fourth-order valence-corrected chi connectivity index (χ4v) is 2.11. The number of aromatic nitrogens is 2. The van der Waals surface area contributed by atoms with Crippen molar-refractivity contribution in [3.05, 3.63) is 18.2 Å². The fourth-order valence-electron chi connectivity index (χ4n) is 2.11. The van der Waals surface area contributed by atoms with Gasteiger partial charge in [-0.25, -0.2) is 4.98 Å². The van der Waals surface area contributed by atoms with Crippen molar-refractivity contribution in [2.45, 2.75) is 39.2 Å². The second-order valence-electron chi connectivity index (χ2n) is 5.00. The van der Waals surface area contributed by atoms with Gasteiger partial charge in [-0.3, -0.25) is 0 Å². The number of hydrogen-bond donors (Lipinski definition) is 1. The summed E-state index contributed by atoms with van der Waals surface area (Å²) in [5, 5.41) is 0. The summed E-state index contributed by atoms with van der Waals surface area (Å²) in [5.74, 6) is 1.93. The summed E-state index contributed by atoms with van der Waals surface area (Å²) in [6, 6.07) is 0. The number of nitrogens with zero attached hydrogens (tertiary/aromatic N) is 2. The molecule has 0 aromatic carbocycles. The van der Waals surface area contributed by atoms with Gasteiger partial charge in [-0.15, -0.1) is 0 Å². The van der Waals surface area contributed by atoms with Crippen LogP contribution in [0.1, 0.15) is 38.3 Å². The average Bonchev–Trinajstić information content (AvgIpc) is 2.88. The lowest BCUT2D eigenvalue weighted by Gasteiger charge is -2.20. The van der Waals surface area contributed by atoms with Gasteiger partial charge in [-0.1, -0.05) is 13.8 Å². The van der Waals surface area contributed by atoms with E-state index in [1.54, 1.807) is 0 Å². The van der Waals surface area contributed by atoms with Crippen LogP contribution >= 0.6 is 0 Å². The highest BCUT2D eigenvalue weighted by Gasteiger charge is 2.24. The van der Waals surface area contributed by atoms with Crippen LogP contribution in [0, 0.1) is 11.8 Å². The number of rotatable bonds is 5. The molecule has 0 bridgehead atoms. The summed E-state index contributed by atoms with van der Waals surface area (Å²) in [7, 11) is 0. The third-order valence-electron chi connectivity index (χ3n) is 3.33. The third-order valence-corrected chi connectivity index (χ3v) is 3.33. The van der Waals surface area contributed by atoms with E-state index in [9.17, 15) is 0 Å². The molecule has 3 nitrogen and oxygen atoms in total. The molecule has 1 atom stereocenters. The molecule has 1 aliphatic rings. The molecule has 0 amide bonds. The molecule has 1 aromatic heterocycles. The summed E-state index contributed by atoms with van der Waals surface area (Å²) in [6.45, 7) is 6.31. The molecule has 1 saturated carbocycles. The van der Waals surface area contributed by atoms with Gasteiger partial charge < -0.3 is 10.3 Å². The molecule has 0 saturated heterocycles. The van der Waals surface area contributed by atoms with Crippen LogP contribution in [0.25, 0.3) is 0 Å². The normalized spacial score (nSPS) is 18.4. The predicted molar refractivity (Wildman–Crippen MR) is 61.6 cm³/mol. The fraction of sp³-hybridized carbons (Fsp3) is 0.750. The highest BCUT2D eigenvalue weighted by Crippen LogP contribution is 2.32. The first-order chi connectivity index (χ1) is 7.22. The van der Waals surface area contributed by atoms with Gasteiger partial charge in [0.2, 0.25) is 0 Å². The molecule has 15 heavy (non-hydrogen) atoms. The summed E-state index contributed by atoms with van der Waals surface area (Å²) in [4.78, 5) is 4.26. The molecule has 0 radical (unpaired) electrons. The van der Waals surface area contributed by atoms with E-state index in [-0.39, 0.29) is 0 Å². The maximum atomic E-state index is 5.84. The van der Waals surface area contributed by atoms with Crippen LogP contribution in [0.2, 0.25) is 0 Å². The Kier molecular flexibility index (Phi) is 3.10. The smallest absolute Gasteiger partial charge is 0.0948 e. The quantitative estimate of drug-likeness (QED) is 0.802. The Morgan fingerprint density at radius 3 is 2.80 bits per heavy atom. The summed E-state index contributed by atoms with van der Waals surface area (Å²) in [6.07, 6.45) is 6.71. The van der Waals surface area contributed by atoms with E-state index in [1.807, 2.05) is 12.5 Å². The van der Waals surface area contributed by atoms with Crippen LogP contribution in [0.15, 0.2) is 12.5 Å². The largest absolute Gasteiger partial charge is 0.334 e. The lowest BCUT2D eigenvalue weighted by Crippen LogP contribution is -2.21. The Labute approximate surface area is 91.7 Å². The van der Waals surface area contributed by atoms with E-state index in [2.05, 4.69) is 23.4 Å². The molecule has 1 fully saturated rings. The summed E-state index contributed by atoms with van der Waals surface area (Å²) in [5.41, 5.74) is 7.16. The summed E-state index contributed by atoms with van der Waals surface area (Å²) < 4.78 is 2.30. The van der Waals surface area contributed by atoms with Gasteiger partial charge in [0, 0.05) is 30.9 Å². The van der Waals surface area contributed by atoms with Crippen molar-refractivity contribution in [3.8, 4) is 0 Å². The number of hydrogen-bond acceptors (Lipinski definition) is 2. The maximum absolute atomic E-state index is 5.84. The zero-order valence-electron chi connectivity index (χ0n) is 9.69. The molecular formula is C12H21N3. The van der Waals surface area contributed by atoms with E-state index >= 15 is 0 Å². The number of nitrogens with two attached hydrogens (primary N) is 1. The highest BCUT2D eigenvalue weighted by atomic mass is 15.1. The van der Waals surface area contributed by atoms with E-state index < -0.39 is 0 Å². The maximum Gasteiger partial charge on any atom is 0.0948 e. The molecular weight excluding hydrogens is 186 g/mol. The van der Waals surface area contributed by atoms with Crippen molar-refractivity contribution in [2.75, 3.05) is 6.54 Å². The summed E-state index contributed by atoms with van der Waals surface area (Å²) >= 11 is 0. The minimum Gasteiger partial charge on any atom is -0.334 e. The lowest BCUT2D eigenvalue weighted by atomic mass is 9.93. The topological polar surface area (TPSA) is 43.8 Å². The monoisotopic (exact) mass is 207 g/mol. The van der Waals surface area contributed by atoms with Crippen molar-refractivity contribution in [1.29, 1.82) is 0 Å². The van der Waals surface area contributed by atoms with E-state index in [0.717, 1.165) is 12.5 Å². The molecule has 1 aliphatic carbocycles. The van der Waals surface area contributed by atoms with Crippen LogP contribution in [0.5, 0.6) is 0 Å². The third kappa shape index (κ3) is 2.40. The Bertz CT molecular complexity index is 312. The number of imidazole rings is 1. The Morgan fingerprint density at radius 1 is 1.53 bits per heavy atom. The van der Waals surface area contributed by atoms with Crippen LogP contribution in [0.4, 0.5) is 0 Å². The van der Waals surface area contributed by atoms with Gasteiger partial charge in [-0.05, 0) is 24.7 Å². The SMILES string of the molecule is CC(C)C(CN)c1cncn1CC1CC1. The van der Waals surface area contributed by atoms with Gasteiger partial charge >= 0.3 is 0 Å². The van der Waals surface area contributed by atoms with Crippen molar-refractivity contribution in [3.63, 3.8) is 0 Å². The van der Waals surface area contributed by atoms with Crippen LogP contribution in [0.3, 0.4) is 0 Å². The van der Waals surface area contributed by atoms with Gasteiger partial charge in [-0.2, -0.15) is 0 Å². The second-order valence-corrected chi connectivity index (χ2v) is 5.00. The van der Waals surface area contributed by atoms with Crippen molar-refractivity contribution < 1.29 is 0 Å². The van der Waals surface area contributed by atoms with Crippen LogP contribution < -0.4 is 5.73 Å². The molecule has 2 N–H and O–H groups in total. The van der Waals surface area contributed by atoms with Gasteiger partial charge in [0.15, 0.2) is 0 Å². The molecule has 1 aromatic rings. The first-order valence-electron chi connectivity index (χ1n) is 5.92. The molecule has 84 valence electrons. The lowest BCUT2D eigenvalue weighted by molar-refractivity contribution is 0.464. The standard InChI is InChI=1S/C12H21N3/c1-9(2)11(5-13)12-6-14-8-15(12)7-10-3-4-10/h6,8-11H,3-5,7,13H2,1-2H3. The van der Waals surface area contributed by atoms with Crippen molar-refractivity contribution >= 4 is 0 Å². The van der Waals surface area contributed by atoms with Crippen LogP contribution in [-0.2, 0) is 6.54 Å². The molecule has 3 heteroatoms. The molecule has 0 spiro atoms. The van der Waals surface area contributed by atoms with Gasteiger partial charge in [0.05, 0.1) is 6.33 Å². The van der Waals surface area contributed by atoms with E-state index in [0.29, 0.717) is 18.4 Å². The zero-order valence-corrected chi connectivity index (χ0v) is 9.69. The Balaban J connectivity index is 2.13. The Hall–Kier alpha value is -0.830. The van der Waals surface area contributed by atoms with Crippen molar-refractivity contribution in [1.82, 2.24) is 9.55 Å². The predicted octanol–water partition coefficient (Wildman–Crippen LogP) is 1.99. The highest BCUT2D eigenvalue weighted by molar-refractivity contribution is 5.08. The van der Waals surface area contributed by atoms with E-state index in [4.69, 9.17) is 5.73 Å². The molecule has 2 rings (SSSR count). The minimum absolute atomic E-state index is 0.450. The average molecular weight is 207 g/mol. The zero-order chi connectivity index (χ0) is 10.8. The second kappa shape index (κ2) is 4.35.